The van der Waals surface area contributed by atoms with Crippen LogP contribution in [-0.4, -0.2) is 49.9 Å². The van der Waals surface area contributed by atoms with E-state index in [2.05, 4.69) is 26.2 Å². The lowest BCUT2D eigenvalue weighted by atomic mass is 10.2. The maximum Gasteiger partial charge on any atom is 0.304 e. The second kappa shape index (κ2) is 8.38. The Hall–Kier alpha value is -1.95. The molecule has 2 aromatic rings. The van der Waals surface area contributed by atoms with E-state index in [1.54, 1.807) is 0 Å². The van der Waals surface area contributed by atoms with Gasteiger partial charge in [-0.3, -0.25) is 4.79 Å². The third-order valence-electron chi connectivity index (χ3n) is 3.92. The zero-order valence-corrected chi connectivity index (χ0v) is 17.0. The number of anilines is 2. The Morgan fingerprint density at radius 2 is 2.11 bits per heavy atom. The molecule has 3 rings (SSSR count). The van der Waals surface area contributed by atoms with Crippen LogP contribution in [0.1, 0.15) is 22.5 Å². The fraction of sp³-hybridized carbons (Fsp3) is 0.375. The van der Waals surface area contributed by atoms with Gasteiger partial charge in [-0.05, 0) is 31.0 Å². The number of aromatic nitrogens is 1. The van der Waals surface area contributed by atoms with Crippen LogP contribution in [0.4, 0.5) is 11.7 Å². The summed E-state index contributed by atoms with van der Waals surface area (Å²) in [6.07, 6.45) is 1.67. The Balaban J connectivity index is 1.68. The maximum atomic E-state index is 12.4. The van der Waals surface area contributed by atoms with Gasteiger partial charge in [0.15, 0.2) is 5.69 Å². The molecule has 0 unspecified atom stereocenters. The normalized spacial score (nSPS) is 15.9. The van der Waals surface area contributed by atoms with Gasteiger partial charge in [-0.1, -0.05) is 22.0 Å². The van der Waals surface area contributed by atoms with E-state index in [9.17, 15) is 13.2 Å². The fourth-order valence-electron chi connectivity index (χ4n) is 2.48. The highest BCUT2D eigenvalue weighted by molar-refractivity contribution is 9.10. The SMILES string of the molecule is Cc1ccc(Br)cc1Nc1nc(C(=O)NS(=O)(=O)N2CCCOCC2)co1. The van der Waals surface area contributed by atoms with E-state index in [1.165, 1.54) is 4.31 Å². The minimum Gasteiger partial charge on any atom is -0.431 e. The smallest absolute Gasteiger partial charge is 0.304 e. The van der Waals surface area contributed by atoms with Gasteiger partial charge in [-0.2, -0.15) is 17.7 Å². The Morgan fingerprint density at radius 1 is 1.30 bits per heavy atom. The van der Waals surface area contributed by atoms with Gasteiger partial charge in [0.2, 0.25) is 0 Å². The Kier molecular flexibility index (Phi) is 6.15. The van der Waals surface area contributed by atoms with Crippen LogP contribution in [0, 0.1) is 6.92 Å². The second-order valence-corrected chi connectivity index (χ2v) is 8.51. The molecule has 1 saturated heterocycles. The number of hydrogen-bond donors (Lipinski definition) is 2. The highest BCUT2D eigenvalue weighted by Crippen LogP contribution is 2.24. The molecular weight excluding hydrogens is 440 g/mol. The van der Waals surface area contributed by atoms with Crippen molar-refractivity contribution in [2.24, 2.45) is 0 Å². The molecule has 0 radical (unpaired) electrons. The van der Waals surface area contributed by atoms with Gasteiger partial charge in [0.25, 0.3) is 11.9 Å². The number of halogens is 1. The van der Waals surface area contributed by atoms with Gasteiger partial charge in [-0.25, -0.2) is 4.72 Å². The van der Waals surface area contributed by atoms with Gasteiger partial charge < -0.3 is 14.5 Å². The van der Waals surface area contributed by atoms with Gasteiger partial charge in [0.1, 0.15) is 6.26 Å². The highest BCUT2D eigenvalue weighted by Gasteiger charge is 2.27. The molecular formula is C16H19BrN4O5S. The van der Waals surface area contributed by atoms with Crippen LogP contribution in [0.25, 0.3) is 0 Å². The summed E-state index contributed by atoms with van der Waals surface area (Å²) >= 11 is 3.38. The molecule has 1 aromatic heterocycles. The number of carbonyl (C=O) groups excluding carboxylic acids is 1. The molecule has 0 aliphatic carbocycles. The Labute approximate surface area is 165 Å². The summed E-state index contributed by atoms with van der Waals surface area (Å²) in [6, 6.07) is 5.72. The molecule has 0 spiro atoms. The number of nitrogens with zero attached hydrogens (tertiary/aromatic N) is 2. The fourth-order valence-corrected chi connectivity index (χ4v) is 3.99. The van der Waals surface area contributed by atoms with E-state index in [4.69, 9.17) is 9.15 Å². The van der Waals surface area contributed by atoms with Crippen molar-refractivity contribution in [3.63, 3.8) is 0 Å². The number of rotatable bonds is 5. The molecule has 11 heteroatoms. The van der Waals surface area contributed by atoms with Crippen LogP contribution in [0.5, 0.6) is 0 Å². The van der Waals surface area contributed by atoms with E-state index < -0.39 is 16.1 Å². The third kappa shape index (κ3) is 5.06. The van der Waals surface area contributed by atoms with Crippen LogP contribution in [0.2, 0.25) is 0 Å². The summed E-state index contributed by atoms with van der Waals surface area (Å²) in [5.41, 5.74) is 1.56. The zero-order valence-electron chi connectivity index (χ0n) is 14.6. The molecule has 27 heavy (non-hydrogen) atoms. The number of carbonyl (C=O) groups is 1. The standard InChI is InChI=1S/C16H19BrN4O5S/c1-11-3-4-12(17)9-13(11)18-16-19-14(10-26-16)15(22)20-27(23,24)21-5-2-7-25-8-6-21/h3-4,9-10H,2,5-8H2,1H3,(H,18,19)(H,20,22). The molecule has 146 valence electrons. The highest BCUT2D eigenvalue weighted by atomic mass is 79.9. The largest absolute Gasteiger partial charge is 0.431 e. The quantitative estimate of drug-likeness (QED) is 0.705. The summed E-state index contributed by atoms with van der Waals surface area (Å²) in [4.78, 5) is 16.3. The van der Waals surface area contributed by atoms with Crippen molar-refractivity contribution >= 4 is 43.7 Å². The predicted molar refractivity (Wildman–Crippen MR) is 102 cm³/mol. The van der Waals surface area contributed by atoms with E-state index in [1.807, 2.05) is 29.8 Å². The van der Waals surface area contributed by atoms with E-state index in [-0.39, 0.29) is 24.8 Å². The molecule has 1 aliphatic rings. The lowest BCUT2D eigenvalue weighted by molar-refractivity contribution is 0.0973. The van der Waals surface area contributed by atoms with Crippen molar-refractivity contribution in [1.29, 1.82) is 0 Å². The van der Waals surface area contributed by atoms with Crippen molar-refractivity contribution in [3.8, 4) is 0 Å². The molecule has 1 aromatic carbocycles. The van der Waals surface area contributed by atoms with Gasteiger partial charge in [-0.15, -0.1) is 0 Å². The number of aryl methyl sites for hydroxylation is 1. The number of nitrogens with one attached hydrogen (secondary N) is 2. The van der Waals surface area contributed by atoms with Crippen LogP contribution in [-0.2, 0) is 14.9 Å². The van der Waals surface area contributed by atoms with Crippen molar-refractivity contribution in [1.82, 2.24) is 14.0 Å². The van der Waals surface area contributed by atoms with Crippen molar-refractivity contribution in [2.75, 3.05) is 31.6 Å². The Bertz CT molecular complexity index is 923. The van der Waals surface area contributed by atoms with Gasteiger partial charge in [0.05, 0.1) is 6.61 Å². The molecule has 1 amide bonds. The lowest BCUT2D eigenvalue weighted by Gasteiger charge is -2.18. The van der Waals surface area contributed by atoms with E-state index in [0.717, 1.165) is 22.0 Å². The number of amides is 1. The first-order valence-electron chi connectivity index (χ1n) is 8.24. The number of oxazole rings is 1. The molecule has 2 N–H and O–H groups in total. The summed E-state index contributed by atoms with van der Waals surface area (Å²) in [5.74, 6) is -0.858. The first kappa shape index (κ1) is 19.8. The average Bonchev–Trinajstić information content (AvgIpc) is 2.89. The summed E-state index contributed by atoms with van der Waals surface area (Å²) in [7, 11) is -3.97. The van der Waals surface area contributed by atoms with E-state index >= 15 is 0 Å². The van der Waals surface area contributed by atoms with Gasteiger partial charge in [0, 0.05) is 29.9 Å². The number of hydrogen-bond acceptors (Lipinski definition) is 7. The maximum absolute atomic E-state index is 12.4. The second-order valence-electron chi connectivity index (χ2n) is 5.92. The minimum absolute atomic E-state index is 0.0851. The van der Waals surface area contributed by atoms with Crippen LogP contribution >= 0.6 is 15.9 Å². The predicted octanol–water partition coefficient (Wildman–Crippen LogP) is 2.19. The molecule has 1 fully saturated rings. The van der Waals surface area contributed by atoms with Crippen LogP contribution in [0.15, 0.2) is 33.4 Å². The van der Waals surface area contributed by atoms with Crippen LogP contribution < -0.4 is 10.0 Å². The van der Waals surface area contributed by atoms with Gasteiger partial charge >= 0.3 is 10.2 Å². The molecule has 0 atom stereocenters. The third-order valence-corrected chi connectivity index (χ3v) is 5.90. The summed E-state index contributed by atoms with van der Waals surface area (Å²) in [6.45, 7) is 3.17. The first-order chi connectivity index (χ1) is 12.8. The van der Waals surface area contributed by atoms with E-state index in [0.29, 0.717) is 19.6 Å². The molecule has 2 heterocycles. The average molecular weight is 459 g/mol. The topological polar surface area (TPSA) is 114 Å². The monoisotopic (exact) mass is 458 g/mol. The number of benzene rings is 1. The van der Waals surface area contributed by atoms with Crippen molar-refractivity contribution in [3.05, 3.63) is 40.2 Å². The first-order valence-corrected chi connectivity index (χ1v) is 10.5. The van der Waals surface area contributed by atoms with Crippen LogP contribution in [0.3, 0.4) is 0 Å². The zero-order chi connectivity index (χ0) is 19.4. The Morgan fingerprint density at radius 3 is 2.93 bits per heavy atom. The number of ether oxygens (including phenoxy) is 1. The summed E-state index contributed by atoms with van der Waals surface area (Å²) < 4.78 is 39.3. The van der Waals surface area contributed by atoms with Crippen molar-refractivity contribution in [2.45, 2.75) is 13.3 Å². The molecule has 9 nitrogen and oxygen atoms in total. The van der Waals surface area contributed by atoms with Crippen molar-refractivity contribution < 1.29 is 22.4 Å². The molecule has 0 saturated carbocycles. The lowest BCUT2D eigenvalue weighted by Crippen LogP contribution is -2.44. The summed E-state index contributed by atoms with van der Waals surface area (Å²) in [5, 5.41) is 2.96. The minimum atomic E-state index is -3.97. The molecule has 0 bridgehead atoms. The molecule has 1 aliphatic heterocycles.